The van der Waals surface area contributed by atoms with Gasteiger partial charge in [-0.3, -0.25) is 4.79 Å². The molecule has 0 radical (unpaired) electrons. The van der Waals surface area contributed by atoms with Crippen molar-refractivity contribution in [3.63, 3.8) is 0 Å². The van der Waals surface area contributed by atoms with Crippen molar-refractivity contribution >= 4 is 22.9 Å². The smallest absolute Gasteiger partial charge is 0.326 e. The molecule has 2 nitrogen and oxygen atoms in total. The van der Waals surface area contributed by atoms with Crippen LogP contribution in [0.1, 0.15) is 36.6 Å². The summed E-state index contributed by atoms with van der Waals surface area (Å²) in [4.78, 5) is 13.3. The number of amides is 1. The van der Waals surface area contributed by atoms with E-state index in [0.717, 1.165) is 10.9 Å². The summed E-state index contributed by atoms with van der Waals surface area (Å²) >= 11 is 1.60. The largest absolute Gasteiger partial charge is 0.419 e. The Kier molecular flexibility index (Phi) is 5.64. The van der Waals surface area contributed by atoms with Gasteiger partial charge in [0.1, 0.15) is 5.82 Å². The summed E-state index contributed by atoms with van der Waals surface area (Å²) in [5.74, 6) is -1.97. The molecular formula is C17H17F4NOS. The van der Waals surface area contributed by atoms with Crippen LogP contribution in [0.5, 0.6) is 0 Å². The van der Waals surface area contributed by atoms with Gasteiger partial charge in [0.05, 0.1) is 5.56 Å². The highest BCUT2D eigenvalue weighted by Gasteiger charge is 2.34. The number of nitrogens with one attached hydrogen (secondary N) is 1. The number of rotatable bonds is 5. The SMILES string of the molecule is C[C@H](C[C@H](C)C(=O)Nc1ccc(F)c(C(F)(F)F)c1)c1cccs1. The van der Waals surface area contributed by atoms with Gasteiger partial charge in [0, 0.05) is 16.5 Å². The summed E-state index contributed by atoms with van der Waals surface area (Å²) in [6.07, 6.45) is -4.23. The van der Waals surface area contributed by atoms with Crippen LogP contribution in [0, 0.1) is 11.7 Å². The molecule has 1 N–H and O–H groups in total. The number of benzene rings is 1. The van der Waals surface area contributed by atoms with Crippen LogP contribution in [-0.4, -0.2) is 5.91 Å². The second-order valence-electron chi connectivity index (χ2n) is 5.73. The van der Waals surface area contributed by atoms with Gasteiger partial charge in [0.25, 0.3) is 0 Å². The molecule has 0 aliphatic rings. The molecule has 1 amide bonds. The van der Waals surface area contributed by atoms with Gasteiger partial charge in [-0.25, -0.2) is 4.39 Å². The number of alkyl halides is 3. The molecule has 0 aliphatic carbocycles. The number of hydrogen-bond acceptors (Lipinski definition) is 2. The topological polar surface area (TPSA) is 29.1 Å². The van der Waals surface area contributed by atoms with Gasteiger partial charge in [-0.1, -0.05) is 19.9 Å². The standard InChI is InChI=1S/C17H17F4NOS/c1-10(15-4-3-7-24-15)8-11(2)16(23)22-12-5-6-14(18)13(9-12)17(19,20)21/h3-7,9-11H,8H2,1-2H3,(H,22,23)/t10-,11+/m1/s1. The number of carbonyl (C=O) groups excluding carboxylic acids is 1. The van der Waals surface area contributed by atoms with Gasteiger partial charge in [-0.05, 0) is 42.0 Å². The first-order valence-electron chi connectivity index (χ1n) is 7.39. The van der Waals surface area contributed by atoms with Gasteiger partial charge < -0.3 is 5.32 Å². The number of thiophene rings is 1. The van der Waals surface area contributed by atoms with Gasteiger partial charge >= 0.3 is 6.18 Å². The van der Waals surface area contributed by atoms with Crippen molar-refractivity contribution in [3.05, 3.63) is 52.0 Å². The van der Waals surface area contributed by atoms with E-state index in [1.54, 1.807) is 18.3 Å². The molecule has 0 saturated heterocycles. The Balaban J connectivity index is 2.04. The van der Waals surface area contributed by atoms with E-state index in [4.69, 9.17) is 0 Å². The summed E-state index contributed by atoms with van der Waals surface area (Å²) in [6, 6.07) is 6.35. The van der Waals surface area contributed by atoms with Crippen LogP contribution < -0.4 is 5.32 Å². The lowest BCUT2D eigenvalue weighted by molar-refractivity contribution is -0.140. The van der Waals surface area contributed by atoms with E-state index in [1.165, 1.54) is 0 Å². The Labute approximate surface area is 141 Å². The molecular weight excluding hydrogens is 342 g/mol. The second kappa shape index (κ2) is 7.34. The van der Waals surface area contributed by atoms with Gasteiger partial charge in [-0.15, -0.1) is 11.3 Å². The number of halogens is 4. The van der Waals surface area contributed by atoms with E-state index in [1.807, 2.05) is 24.4 Å². The van der Waals surface area contributed by atoms with Crippen molar-refractivity contribution in [2.75, 3.05) is 5.32 Å². The highest BCUT2D eigenvalue weighted by Crippen LogP contribution is 2.33. The van der Waals surface area contributed by atoms with Crippen molar-refractivity contribution in [1.29, 1.82) is 0 Å². The Hall–Kier alpha value is -1.89. The molecule has 1 aromatic carbocycles. The van der Waals surface area contributed by atoms with Crippen LogP contribution in [-0.2, 0) is 11.0 Å². The highest BCUT2D eigenvalue weighted by molar-refractivity contribution is 7.10. The average molecular weight is 359 g/mol. The Bertz CT molecular complexity index is 697. The molecule has 130 valence electrons. The summed E-state index contributed by atoms with van der Waals surface area (Å²) in [7, 11) is 0. The molecule has 2 aromatic rings. The first-order valence-corrected chi connectivity index (χ1v) is 8.27. The molecule has 2 rings (SSSR count). The maximum absolute atomic E-state index is 13.3. The van der Waals surface area contributed by atoms with Gasteiger partial charge in [0.2, 0.25) is 5.91 Å². The van der Waals surface area contributed by atoms with Crippen molar-refractivity contribution in [2.45, 2.75) is 32.4 Å². The van der Waals surface area contributed by atoms with E-state index < -0.39 is 23.5 Å². The molecule has 1 aromatic heterocycles. The van der Waals surface area contributed by atoms with Crippen molar-refractivity contribution in [3.8, 4) is 0 Å². The third-order valence-corrected chi connectivity index (χ3v) is 4.83. The molecule has 2 atom stereocenters. The molecule has 7 heteroatoms. The molecule has 24 heavy (non-hydrogen) atoms. The fourth-order valence-corrected chi connectivity index (χ4v) is 3.21. The molecule has 0 spiro atoms. The minimum Gasteiger partial charge on any atom is -0.326 e. The Morgan fingerprint density at radius 3 is 2.54 bits per heavy atom. The van der Waals surface area contributed by atoms with Crippen LogP contribution in [0.2, 0.25) is 0 Å². The maximum atomic E-state index is 13.3. The van der Waals surface area contributed by atoms with Crippen LogP contribution in [0.15, 0.2) is 35.7 Å². The van der Waals surface area contributed by atoms with Crippen molar-refractivity contribution in [2.24, 2.45) is 5.92 Å². The fourth-order valence-electron chi connectivity index (χ4n) is 2.41. The molecule has 0 saturated carbocycles. The predicted octanol–water partition coefficient (Wildman–Crippen LogP) is 5.67. The van der Waals surface area contributed by atoms with E-state index >= 15 is 0 Å². The number of anilines is 1. The molecule has 0 fully saturated rings. The monoisotopic (exact) mass is 359 g/mol. The summed E-state index contributed by atoms with van der Waals surface area (Å²) in [5, 5.41) is 4.38. The lowest BCUT2D eigenvalue weighted by Crippen LogP contribution is -2.22. The number of hydrogen-bond donors (Lipinski definition) is 1. The van der Waals surface area contributed by atoms with Crippen LogP contribution in [0.3, 0.4) is 0 Å². The summed E-state index contributed by atoms with van der Waals surface area (Å²) < 4.78 is 51.4. The third-order valence-electron chi connectivity index (χ3n) is 3.72. The first-order chi connectivity index (χ1) is 11.2. The summed E-state index contributed by atoms with van der Waals surface area (Å²) in [6.45, 7) is 3.71. The second-order valence-corrected chi connectivity index (χ2v) is 6.71. The molecule has 0 aliphatic heterocycles. The van der Waals surface area contributed by atoms with E-state index in [0.29, 0.717) is 18.6 Å². The van der Waals surface area contributed by atoms with Crippen LogP contribution >= 0.6 is 11.3 Å². The lowest BCUT2D eigenvalue weighted by Gasteiger charge is -2.17. The normalized spacial score (nSPS) is 14.2. The molecule has 0 unspecified atom stereocenters. The highest BCUT2D eigenvalue weighted by atomic mass is 32.1. The maximum Gasteiger partial charge on any atom is 0.419 e. The molecule has 0 bridgehead atoms. The minimum atomic E-state index is -4.80. The van der Waals surface area contributed by atoms with Crippen LogP contribution in [0.25, 0.3) is 0 Å². The quantitative estimate of drug-likeness (QED) is 0.684. The predicted molar refractivity (Wildman–Crippen MR) is 86.5 cm³/mol. The molecule has 1 heterocycles. The Morgan fingerprint density at radius 2 is 1.96 bits per heavy atom. The number of carbonyl (C=O) groups is 1. The van der Waals surface area contributed by atoms with Crippen LogP contribution in [0.4, 0.5) is 23.2 Å². The van der Waals surface area contributed by atoms with E-state index in [9.17, 15) is 22.4 Å². The van der Waals surface area contributed by atoms with E-state index in [2.05, 4.69) is 5.32 Å². The zero-order valence-electron chi connectivity index (χ0n) is 13.2. The Morgan fingerprint density at radius 1 is 1.25 bits per heavy atom. The summed E-state index contributed by atoms with van der Waals surface area (Å²) in [5.41, 5.74) is -1.45. The van der Waals surface area contributed by atoms with Gasteiger partial charge in [0.15, 0.2) is 0 Å². The van der Waals surface area contributed by atoms with Gasteiger partial charge in [-0.2, -0.15) is 13.2 Å². The van der Waals surface area contributed by atoms with E-state index in [-0.39, 0.29) is 17.5 Å². The zero-order chi connectivity index (χ0) is 17.9. The zero-order valence-corrected chi connectivity index (χ0v) is 14.0. The lowest BCUT2D eigenvalue weighted by atomic mass is 9.95. The average Bonchev–Trinajstić information content (AvgIpc) is 3.02. The first kappa shape index (κ1) is 18.4. The fraction of sp³-hybridized carbons (Fsp3) is 0.353. The minimum absolute atomic E-state index is 0.0654. The third kappa shape index (κ3) is 4.56. The van der Waals surface area contributed by atoms with Crippen molar-refractivity contribution < 1.29 is 22.4 Å². The van der Waals surface area contributed by atoms with Crippen molar-refractivity contribution in [1.82, 2.24) is 0 Å².